The molecule has 0 saturated heterocycles. The standard InChI is InChI=1S/C18H26N4/c1-5-12-22(13-6-2)18-14-17(19-15(3)20-18)21(4)16-10-8-7-9-11-16/h7-11,14H,5-6,12-13H2,1-4H3. The highest BCUT2D eigenvalue weighted by molar-refractivity contribution is 5.62. The summed E-state index contributed by atoms with van der Waals surface area (Å²) in [5, 5.41) is 0. The van der Waals surface area contributed by atoms with Crippen LogP contribution in [0.3, 0.4) is 0 Å². The summed E-state index contributed by atoms with van der Waals surface area (Å²) in [6, 6.07) is 12.4. The number of nitrogens with zero attached hydrogens (tertiary/aromatic N) is 4. The molecule has 0 fully saturated rings. The monoisotopic (exact) mass is 298 g/mol. The molecular formula is C18H26N4. The smallest absolute Gasteiger partial charge is 0.138 e. The predicted molar refractivity (Wildman–Crippen MR) is 94.1 cm³/mol. The molecule has 0 aliphatic rings. The summed E-state index contributed by atoms with van der Waals surface area (Å²) in [6.45, 7) is 8.42. The summed E-state index contributed by atoms with van der Waals surface area (Å²) in [5.74, 6) is 2.77. The molecule has 1 aromatic carbocycles. The molecule has 0 unspecified atom stereocenters. The molecule has 0 amide bonds. The topological polar surface area (TPSA) is 32.3 Å². The summed E-state index contributed by atoms with van der Waals surface area (Å²) in [7, 11) is 2.05. The number of hydrogen-bond acceptors (Lipinski definition) is 4. The second kappa shape index (κ2) is 7.78. The van der Waals surface area contributed by atoms with Crippen LogP contribution in [0.15, 0.2) is 36.4 Å². The molecule has 1 heterocycles. The SMILES string of the molecule is CCCN(CCC)c1cc(N(C)c2ccccc2)nc(C)n1. The van der Waals surface area contributed by atoms with E-state index in [-0.39, 0.29) is 0 Å². The quantitative estimate of drug-likeness (QED) is 0.767. The average molecular weight is 298 g/mol. The Balaban J connectivity index is 2.33. The van der Waals surface area contributed by atoms with Gasteiger partial charge in [-0.2, -0.15) is 0 Å². The fourth-order valence-electron chi connectivity index (χ4n) is 2.54. The van der Waals surface area contributed by atoms with Crippen LogP contribution in [0.2, 0.25) is 0 Å². The van der Waals surface area contributed by atoms with Crippen LogP contribution in [0.25, 0.3) is 0 Å². The van der Waals surface area contributed by atoms with E-state index in [0.29, 0.717) is 0 Å². The van der Waals surface area contributed by atoms with E-state index in [0.717, 1.165) is 49.1 Å². The van der Waals surface area contributed by atoms with Crippen molar-refractivity contribution >= 4 is 17.3 Å². The van der Waals surface area contributed by atoms with Gasteiger partial charge in [-0.1, -0.05) is 32.0 Å². The Hall–Kier alpha value is -2.10. The van der Waals surface area contributed by atoms with Crippen molar-refractivity contribution < 1.29 is 0 Å². The largest absolute Gasteiger partial charge is 0.356 e. The summed E-state index contributed by atoms with van der Waals surface area (Å²) >= 11 is 0. The van der Waals surface area contributed by atoms with Gasteiger partial charge in [-0.25, -0.2) is 9.97 Å². The van der Waals surface area contributed by atoms with Gasteiger partial charge in [0.2, 0.25) is 0 Å². The van der Waals surface area contributed by atoms with Crippen LogP contribution in [0.5, 0.6) is 0 Å². The Morgan fingerprint density at radius 3 is 2.09 bits per heavy atom. The Morgan fingerprint density at radius 2 is 1.50 bits per heavy atom. The third-order valence-electron chi connectivity index (χ3n) is 3.61. The minimum absolute atomic E-state index is 0.812. The van der Waals surface area contributed by atoms with Crippen molar-refractivity contribution in [3.05, 3.63) is 42.2 Å². The molecule has 0 radical (unpaired) electrons. The van der Waals surface area contributed by atoms with Gasteiger partial charge in [0.25, 0.3) is 0 Å². The van der Waals surface area contributed by atoms with E-state index in [1.54, 1.807) is 0 Å². The second-order valence-electron chi connectivity index (χ2n) is 5.51. The highest BCUT2D eigenvalue weighted by atomic mass is 15.2. The molecule has 1 aromatic heterocycles. The zero-order chi connectivity index (χ0) is 15.9. The van der Waals surface area contributed by atoms with Crippen LogP contribution in [0, 0.1) is 6.92 Å². The number of aryl methyl sites for hydroxylation is 1. The lowest BCUT2D eigenvalue weighted by molar-refractivity contribution is 0.730. The highest BCUT2D eigenvalue weighted by Gasteiger charge is 2.12. The Bertz CT molecular complexity index is 577. The van der Waals surface area contributed by atoms with Crippen molar-refractivity contribution in [2.75, 3.05) is 29.9 Å². The van der Waals surface area contributed by atoms with Gasteiger partial charge in [-0.15, -0.1) is 0 Å². The van der Waals surface area contributed by atoms with Crippen molar-refractivity contribution in [1.82, 2.24) is 9.97 Å². The summed E-state index contributed by atoms with van der Waals surface area (Å²) in [4.78, 5) is 13.7. The lowest BCUT2D eigenvalue weighted by Crippen LogP contribution is -2.26. The molecule has 0 aliphatic carbocycles. The first kappa shape index (κ1) is 16.3. The van der Waals surface area contributed by atoms with Crippen LogP contribution < -0.4 is 9.80 Å². The summed E-state index contributed by atoms with van der Waals surface area (Å²) in [5.41, 5.74) is 1.13. The molecule has 2 aromatic rings. The van der Waals surface area contributed by atoms with Crippen LogP contribution in [0.4, 0.5) is 17.3 Å². The molecule has 118 valence electrons. The second-order valence-corrected chi connectivity index (χ2v) is 5.51. The molecule has 0 spiro atoms. The minimum Gasteiger partial charge on any atom is -0.356 e. The maximum atomic E-state index is 4.64. The molecule has 0 aliphatic heterocycles. The molecule has 0 atom stereocenters. The predicted octanol–water partition coefficient (Wildman–Crippen LogP) is 4.18. The van der Waals surface area contributed by atoms with Crippen molar-refractivity contribution in [1.29, 1.82) is 0 Å². The number of anilines is 3. The third kappa shape index (κ3) is 3.97. The van der Waals surface area contributed by atoms with E-state index in [4.69, 9.17) is 0 Å². The zero-order valence-electron chi connectivity index (χ0n) is 14.1. The fraction of sp³-hybridized carbons (Fsp3) is 0.444. The maximum absolute atomic E-state index is 4.64. The molecule has 0 saturated carbocycles. The number of para-hydroxylation sites is 1. The molecule has 22 heavy (non-hydrogen) atoms. The van der Waals surface area contributed by atoms with E-state index in [1.165, 1.54) is 0 Å². The van der Waals surface area contributed by atoms with Gasteiger partial charge in [0.05, 0.1) is 0 Å². The van der Waals surface area contributed by atoms with Crippen molar-refractivity contribution in [2.45, 2.75) is 33.6 Å². The van der Waals surface area contributed by atoms with Gasteiger partial charge in [0.1, 0.15) is 17.5 Å². The third-order valence-corrected chi connectivity index (χ3v) is 3.61. The maximum Gasteiger partial charge on any atom is 0.138 e. The average Bonchev–Trinajstić information content (AvgIpc) is 2.54. The lowest BCUT2D eigenvalue weighted by atomic mass is 10.3. The Labute approximate surface area is 133 Å². The summed E-state index contributed by atoms with van der Waals surface area (Å²) in [6.07, 6.45) is 2.24. The minimum atomic E-state index is 0.812. The lowest BCUT2D eigenvalue weighted by Gasteiger charge is -2.25. The molecule has 0 N–H and O–H groups in total. The van der Waals surface area contributed by atoms with Gasteiger partial charge in [0, 0.05) is 31.9 Å². The highest BCUT2D eigenvalue weighted by Crippen LogP contribution is 2.24. The van der Waals surface area contributed by atoms with Gasteiger partial charge in [-0.3, -0.25) is 0 Å². The number of benzene rings is 1. The Morgan fingerprint density at radius 1 is 0.909 bits per heavy atom. The first-order valence-electron chi connectivity index (χ1n) is 8.05. The van der Waals surface area contributed by atoms with Gasteiger partial charge >= 0.3 is 0 Å². The summed E-state index contributed by atoms with van der Waals surface area (Å²) < 4.78 is 0. The van der Waals surface area contributed by atoms with Gasteiger partial charge in [0.15, 0.2) is 0 Å². The van der Waals surface area contributed by atoms with Crippen molar-refractivity contribution in [3.8, 4) is 0 Å². The van der Waals surface area contributed by atoms with E-state index in [1.807, 2.05) is 32.2 Å². The molecule has 4 heteroatoms. The normalized spacial score (nSPS) is 10.5. The first-order valence-corrected chi connectivity index (χ1v) is 8.05. The molecule has 2 rings (SSSR count). The fourth-order valence-corrected chi connectivity index (χ4v) is 2.54. The van der Waals surface area contributed by atoms with E-state index in [2.05, 4.69) is 51.8 Å². The van der Waals surface area contributed by atoms with Crippen LogP contribution in [0.1, 0.15) is 32.5 Å². The molecule has 0 bridgehead atoms. The zero-order valence-corrected chi connectivity index (χ0v) is 14.1. The number of aromatic nitrogens is 2. The Kier molecular flexibility index (Phi) is 5.75. The first-order chi connectivity index (χ1) is 10.7. The van der Waals surface area contributed by atoms with Crippen LogP contribution in [-0.4, -0.2) is 30.1 Å². The molecular weight excluding hydrogens is 272 g/mol. The van der Waals surface area contributed by atoms with Crippen molar-refractivity contribution in [3.63, 3.8) is 0 Å². The van der Waals surface area contributed by atoms with Crippen molar-refractivity contribution in [2.24, 2.45) is 0 Å². The van der Waals surface area contributed by atoms with E-state index in [9.17, 15) is 0 Å². The number of rotatable bonds is 7. The number of hydrogen-bond donors (Lipinski definition) is 0. The van der Waals surface area contributed by atoms with Gasteiger partial charge in [-0.05, 0) is 31.9 Å². The van der Waals surface area contributed by atoms with Crippen LogP contribution >= 0.6 is 0 Å². The van der Waals surface area contributed by atoms with E-state index >= 15 is 0 Å². The van der Waals surface area contributed by atoms with Crippen LogP contribution in [-0.2, 0) is 0 Å². The molecule has 4 nitrogen and oxygen atoms in total. The van der Waals surface area contributed by atoms with Gasteiger partial charge < -0.3 is 9.80 Å². The van der Waals surface area contributed by atoms with E-state index < -0.39 is 0 Å².